The second-order valence-corrected chi connectivity index (χ2v) is 3.37. The Morgan fingerprint density at radius 1 is 1.35 bits per heavy atom. The smallest absolute Gasteiger partial charge is 0.254 e. The molecule has 0 amide bonds. The molecule has 0 aliphatic carbocycles. The Morgan fingerprint density at radius 2 is 2.06 bits per heavy atom. The number of benzene rings is 1. The molecule has 6 nitrogen and oxygen atoms in total. The highest BCUT2D eigenvalue weighted by Crippen LogP contribution is 2.17. The lowest BCUT2D eigenvalue weighted by molar-refractivity contribution is 0.415. The molecule has 0 unspecified atom stereocenters. The number of rotatable bonds is 3. The minimum atomic E-state index is -0.298. The maximum absolute atomic E-state index is 11.2. The Morgan fingerprint density at radius 3 is 2.65 bits per heavy atom. The van der Waals surface area contributed by atoms with Gasteiger partial charge in [0.25, 0.3) is 5.56 Å². The molecule has 0 aliphatic rings. The average molecular weight is 232 g/mol. The number of hydrogen-bond acceptors (Lipinski definition) is 5. The van der Waals surface area contributed by atoms with Crippen LogP contribution in [0.2, 0.25) is 0 Å². The van der Waals surface area contributed by atoms with Crippen molar-refractivity contribution in [3.05, 3.63) is 40.7 Å². The fourth-order valence-electron chi connectivity index (χ4n) is 1.35. The van der Waals surface area contributed by atoms with Crippen molar-refractivity contribution in [3.63, 3.8) is 0 Å². The second kappa shape index (κ2) is 4.56. The Labute approximate surface area is 97.5 Å². The number of H-pyrrole nitrogens is 1. The number of anilines is 3. The maximum Gasteiger partial charge on any atom is 0.254 e. The summed E-state index contributed by atoms with van der Waals surface area (Å²) < 4.78 is 5.04. The van der Waals surface area contributed by atoms with Crippen molar-refractivity contribution in [2.75, 3.05) is 18.2 Å². The van der Waals surface area contributed by atoms with Crippen LogP contribution in [0.4, 0.5) is 17.5 Å². The normalized spacial score (nSPS) is 9.94. The van der Waals surface area contributed by atoms with Crippen LogP contribution in [0.15, 0.2) is 35.1 Å². The first-order valence-corrected chi connectivity index (χ1v) is 4.95. The molecule has 0 aliphatic heterocycles. The fourth-order valence-corrected chi connectivity index (χ4v) is 1.35. The van der Waals surface area contributed by atoms with Crippen LogP contribution in [0.25, 0.3) is 0 Å². The Bertz CT molecular complexity index is 562. The molecular formula is C11H12N4O2. The van der Waals surface area contributed by atoms with Gasteiger partial charge in [-0.25, -0.2) is 0 Å². The lowest BCUT2D eigenvalue weighted by atomic mass is 10.3. The molecule has 6 heteroatoms. The molecule has 0 saturated carbocycles. The molecule has 88 valence electrons. The third kappa shape index (κ3) is 2.75. The molecule has 0 bridgehead atoms. The lowest BCUT2D eigenvalue weighted by Crippen LogP contribution is -2.11. The Kier molecular flexibility index (Phi) is 2.95. The van der Waals surface area contributed by atoms with E-state index in [0.29, 0.717) is 5.95 Å². The van der Waals surface area contributed by atoms with Crippen molar-refractivity contribution in [3.8, 4) is 5.75 Å². The number of ether oxygens (including phenoxy) is 1. The van der Waals surface area contributed by atoms with Crippen LogP contribution >= 0.6 is 0 Å². The van der Waals surface area contributed by atoms with Gasteiger partial charge >= 0.3 is 0 Å². The first-order valence-electron chi connectivity index (χ1n) is 4.95. The van der Waals surface area contributed by atoms with Gasteiger partial charge in [-0.15, -0.1) is 0 Å². The number of nitrogen functional groups attached to an aromatic ring is 1. The lowest BCUT2D eigenvalue weighted by Gasteiger charge is -2.06. The van der Waals surface area contributed by atoms with E-state index in [2.05, 4.69) is 15.3 Å². The first-order chi connectivity index (χ1) is 8.17. The number of aromatic nitrogens is 2. The zero-order valence-corrected chi connectivity index (χ0v) is 9.23. The van der Waals surface area contributed by atoms with Gasteiger partial charge in [0.2, 0.25) is 5.95 Å². The molecule has 17 heavy (non-hydrogen) atoms. The zero-order chi connectivity index (χ0) is 12.3. The quantitative estimate of drug-likeness (QED) is 0.737. The van der Waals surface area contributed by atoms with Crippen molar-refractivity contribution in [1.82, 2.24) is 9.97 Å². The van der Waals surface area contributed by atoms with E-state index in [1.807, 2.05) is 12.1 Å². The van der Waals surface area contributed by atoms with Crippen LogP contribution in [-0.2, 0) is 0 Å². The van der Waals surface area contributed by atoms with E-state index in [4.69, 9.17) is 10.5 Å². The largest absolute Gasteiger partial charge is 0.497 e. The predicted octanol–water partition coefficient (Wildman–Crippen LogP) is 1.10. The standard InChI is InChI=1S/C11H12N4O2/c1-17-8-4-2-7(3-5-8)13-11-14-9(12)6-10(16)15-11/h2-6H,1H3,(H4,12,13,14,15,16). The van der Waals surface area contributed by atoms with E-state index in [1.165, 1.54) is 6.07 Å². The summed E-state index contributed by atoms with van der Waals surface area (Å²) in [7, 11) is 1.60. The molecule has 0 fully saturated rings. The molecule has 0 radical (unpaired) electrons. The van der Waals surface area contributed by atoms with Crippen LogP contribution in [0.3, 0.4) is 0 Å². The van der Waals surface area contributed by atoms with Crippen LogP contribution < -0.4 is 21.3 Å². The van der Waals surface area contributed by atoms with Crippen molar-refractivity contribution in [2.45, 2.75) is 0 Å². The molecule has 2 aromatic rings. The van der Waals surface area contributed by atoms with Crippen LogP contribution in [0.1, 0.15) is 0 Å². The zero-order valence-electron chi connectivity index (χ0n) is 9.23. The van der Waals surface area contributed by atoms with E-state index < -0.39 is 0 Å². The van der Waals surface area contributed by atoms with Gasteiger partial charge in [-0.2, -0.15) is 4.98 Å². The van der Waals surface area contributed by atoms with Crippen LogP contribution in [-0.4, -0.2) is 17.1 Å². The van der Waals surface area contributed by atoms with Crippen molar-refractivity contribution < 1.29 is 4.74 Å². The summed E-state index contributed by atoms with van der Waals surface area (Å²) >= 11 is 0. The van der Waals surface area contributed by atoms with Gasteiger partial charge in [0.05, 0.1) is 7.11 Å². The fraction of sp³-hybridized carbons (Fsp3) is 0.0909. The highest BCUT2D eigenvalue weighted by molar-refractivity contribution is 5.55. The molecule has 4 N–H and O–H groups in total. The van der Waals surface area contributed by atoms with Crippen LogP contribution in [0, 0.1) is 0 Å². The molecular weight excluding hydrogens is 220 g/mol. The molecule has 1 aromatic carbocycles. The van der Waals surface area contributed by atoms with Gasteiger partial charge in [-0.05, 0) is 24.3 Å². The molecule has 0 spiro atoms. The van der Waals surface area contributed by atoms with Crippen molar-refractivity contribution in [1.29, 1.82) is 0 Å². The van der Waals surface area contributed by atoms with Gasteiger partial charge in [-0.1, -0.05) is 0 Å². The third-order valence-corrected chi connectivity index (χ3v) is 2.11. The van der Waals surface area contributed by atoms with Gasteiger partial charge in [0, 0.05) is 11.8 Å². The minimum absolute atomic E-state index is 0.171. The summed E-state index contributed by atoms with van der Waals surface area (Å²) in [5, 5.41) is 2.93. The van der Waals surface area contributed by atoms with E-state index in [1.54, 1.807) is 19.2 Å². The molecule has 2 rings (SSSR count). The van der Waals surface area contributed by atoms with Gasteiger partial charge in [-0.3, -0.25) is 9.78 Å². The number of nitrogens with one attached hydrogen (secondary N) is 2. The number of aromatic amines is 1. The summed E-state index contributed by atoms with van der Waals surface area (Å²) in [6.07, 6.45) is 0. The predicted molar refractivity (Wildman–Crippen MR) is 65.5 cm³/mol. The van der Waals surface area contributed by atoms with E-state index >= 15 is 0 Å². The minimum Gasteiger partial charge on any atom is -0.497 e. The Balaban J connectivity index is 2.22. The molecule has 1 heterocycles. The second-order valence-electron chi connectivity index (χ2n) is 3.37. The summed E-state index contributed by atoms with van der Waals surface area (Å²) in [4.78, 5) is 17.7. The summed E-state index contributed by atoms with van der Waals surface area (Å²) in [5.74, 6) is 1.23. The van der Waals surface area contributed by atoms with E-state index in [9.17, 15) is 4.79 Å². The maximum atomic E-state index is 11.2. The summed E-state index contributed by atoms with van der Waals surface area (Å²) in [6.45, 7) is 0. The SMILES string of the molecule is COc1ccc(Nc2nc(N)cc(=O)[nH]2)cc1. The van der Waals surface area contributed by atoms with Gasteiger partial charge in [0.15, 0.2) is 0 Å². The average Bonchev–Trinajstić information content (AvgIpc) is 2.28. The van der Waals surface area contributed by atoms with Crippen molar-refractivity contribution >= 4 is 17.5 Å². The van der Waals surface area contributed by atoms with Gasteiger partial charge < -0.3 is 15.8 Å². The summed E-state index contributed by atoms with van der Waals surface area (Å²) in [6, 6.07) is 8.43. The van der Waals surface area contributed by atoms with Gasteiger partial charge in [0.1, 0.15) is 11.6 Å². The van der Waals surface area contributed by atoms with Crippen LogP contribution in [0.5, 0.6) is 5.75 Å². The first kappa shape index (κ1) is 11.0. The van der Waals surface area contributed by atoms with Crippen molar-refractivity contribution in [2.24, 2.45) is 0 Å². The molecule has 1 aromatic heterocycles. The highest BCUT2D eigenvalue weighted by atomic mass is 16.5. The molecule has 0 saturated heterocycles. The topological polar surface area (TPSA) is 93.0 Å². The highest BCUT2D eigenvalue weighted by Gasteiger charge is 1.99. The van der Waals surface area contributed by atoms with E-state index in [-0.39, 0.29) is 11.4 Å². The number of methoxy groups -OCH3 is 1. The number of nitrogens with zero attached hydrogens (tertiary/aromatic N) is 1. The third-order valence-electron chi connectivity index (χ3n) is 2.11. The summed E-state index contributed by atoms with van der Waals surface area (Å²) in [5.41, 5.74) is 5.95. The number of nitrogens with two attached hydrogens (primary N) is 1. The Hall–Kier alpha value is -2.50. The molecule has 0 atom stereocenters. The monoisotopic (exact) mass is 232 g/mol. The van der Waals surface area contributed by atoms with E-state index in [0.717, 1.165) is 11.4 Å². The number of hydrogen-bond donors (Lipinski definition) is 3.